The first-order valence-electron chi connectivity index (χ1n) is 13.2. The molecule has 3 rings (SSSR count). The van der Waals surface area contributed by atoms with E-state index in [4.69, 9.17) is 18.7 Å². The van der Waals surface area contributed by atoms with Gasteiger partial charge in [-0.3, -0.25) is 4.48 Å². The second-order valence-electron chi connectivity index (χ2n) is 9.41. The number of nitrogens with zero attached hydrogens (tertiary/aromatic N) is 1. The van der Waals surface area contributed by atoms with Gasteiger partial charge in [0.1, 0.15) is 22.8 Å². The van der Waals surface area contributed by atoms with E-state index in [2.05, 4.69) is 0 Å². The van der Waals surface area contributed by atoms with E-state index in [0.29, 0.717) is 50.0 Å². The molecule has 0 bridgehead atoms. The summed E-state index contributed by atoms with van der Waals surface area (Å²) in [7, 11) is -2.39. The van der Waals surface area contributed by atoms with Crippen LogP contribution >= 0.6 is 0 Å². The maximum absolute atomic E-state index is 15.7. The zero-order valence-corrected chi connectivity index (χ0v) is 23.8. The average molecular weight is 624 g/mol. The summed E-state index contributed by atoms with van der Waals surface area (Å²) in [6, 6.07) is 1.85. The molecular weight excluding hydrogens is 596 g/mol. The monoisotopic (exact) mass is 624 g/mol. The zero-order valence-electron chi connectivity index (χ0n) is 23.8. The molecule has 3 aromatic rings. The maximum atomic E-state index is 15.7. The Bertz CT molecular complexity index is 1360. The molecule has 0 saturated heterocycles. The van der Waals surface area contributed by atoms with Crippen LogP contribution in [-0.2, 0) is 10.5 Å². The summed E-state index contributed by atoms with van der Waals surface area (Å²) in [6.07, 6.45) is 0. The minimum Gasteiger partial charge on any atom is -0.489 e. The van der Waals surface area contributed by atoms with E-state index >= 15 is 4.39 Å². The Hall–Kier alpha value is -3.59. The summed E-state index contributed by atoms with van der Waals surface area (Å²) in [6.45, 7) is 9.15. The van der Waals surface area contributed by atoms with Gasteiger partial charge >= 0.3 is 7.32 Å². The average Bonchev–Trinajstić information content (AvgIpc) is 2.94. The number of benzene rings is 3. The van der Waals surface area contributed by atoms with Gasteiger partial charge in [0, 0.05) is 37.3 Å². The lowest BCUT2D eigenvalue weighted by atomic mass is 9.95. The van der Waals surface area contributed by atoms with Crippen LogP contribution in [0.3, 0.4) is 0 Å². The van der Waals surface area contributed by atoms with Crippen molar-refractivity contribution in [2.45, 2.75) is 40.3 Å². The van der Waals surface area contributed by atoms with E-state index in [0.717, 1.165) is 0 Å². The molecule has 0 radical (unpaired) electrons. The Morgan fingerprint density at radius 2 is 0.977 bits per heavy atom. The van der Waals surface area contributed by atoms with Crippen LogP contribution in [-0.4, -0.2) is 38.0 Å². The summed E-state index contributed by atoms with van der Waals surface area (Å²) in [4.78, 5) is 0. The van der Waals surface area contributed by atoms with Crippen molar-refractivity contribution in [2.24, 2.45) is 0 Å². The molecule has 0 N–H and O–H groups in total. The molecule has 0 aliphatic carbocycles. The van der Waals surface area contributed by atoms with Crippen LogP contribution < -0.4 is 14.0 Å². The summed E-state index contributed by atoms with van der Waals surface area (Å²) < 4.78 is 150. The first kappa shape index (κ1) is 33.9. The second-order valence-corrected chi connectivity index (χ2v) is 9.41. The number of rotatable bonds is 13. The van der Waals surface area contributed by atoms with E-state index in [1.165, 1.54) is 6.92 Å². The molecular formula is C28H28BF9NO4+. The molecule has 15 heteroatoms. The van der Waals surface area contributed by atoms with Crippen molar-refractivity contribution in [2.75, 3.05) is 26.2 Å². The maximum Gasteiger partial charge on any atom is 0.864 e. The second kappa shape index (κ2) is 13.4. The number of quaternary nitrogens is 1. The molecule has 0 amide bonds. The van der Waals surface area contributed by atoms with Gasteiger partial charge in [-0.1, -0.05) is 0 Å². The van der Waals surface area contributed by atoms with E-state index in [1.54, 1.807) is 27.7 Å². The fourth-order valence-electron chi connectivity index (χ4n) is 5.00. The fourth-order valence-corrected chi connectivity index (χ4v) is 5.00. The Balaban J connectivity index is 2.25. The van der Waals surface area contributed by atoms with Gasteiger partial charge in [-0.2, -0.15) is 0 Å². The van der Waals surface area contributed by atoms with Crippen molar-refractivity contribution in [3.63, 3.8) is 0 Å². The molecule has 0 aliphatic heterocycles. The first-order chi connectivity index (χ1) is 20.2. The molecule has 0 saturated carbocycles. The van der Waals surface area contributed by atoms with Gasteiger partial charge in [0.25, 0.3) is 0 Å². The molecule has 0 fully saturated rings. The van der Waals surface area contributed by atoms with E-state index in [9.17, 15) is 35.1 Å². The lowest BCUT2D eigenvalue weighted by Crippen LogP contribution is -2.62. The smallest absolute Gasteiger partial charge is 0.489 e. The number of hydrogen-bond acceptors (Lipinski definition) is 4. The summed E-state index contributed by atoms with van der Waals surface area (Å²) in [5, 5.41) is 0. The Morgan fingerprint density at radius 3 is 1.35 bits per heavy atom. The van der Waals surface area contributed by atoms with Gasteiger partial charge in [0.15, 0.2) is 52.4 Å². The minimum absolute atomic E-state index is 0.0347. The molecule has 5 nitrogen and oxygen atoms in total. The van der Waals surface area contributed by atoms with Gasteiger partial charge in [-0.15, -0.1) is 0 Å². The quantitative estimate of drug-likeness (QED) is 0.0648. The topological polar surface area (TPSA) is 36.9 Å². The third-order valence-corrected chi connectivity index (χ3v) is 7.34. The lowest BCUT2D eigenvalue weighted by Gasteiger charge is -2.50. The minimum atomic E-state index is -2.39. The Kier molecular flexibility index (Phi) is 10.5. The number of hydrogen-bond donors (Lipinski definition) is 0. The zero-order chi connectivity index (χ0) is 32.3. The van der Waals surface area contributed by atoms with E-state index in [-0.39, 0.29) is 11.1 Å². The number of ether oxygens (including phenoxy) is 1. The third kappa shape index (κ3) is 6.52. The highest BCUT2D eigenvalue weighted by Crippen LogP contribution is 2.44. The van der Waals surface area contributed by atoms with E-state index < -0.39 is 88.2 Å². The van der Waals surface area contributed by atoms with Gasteiger partial charge in [-0.25, -0.2) is 39.5 Å². The van der Waals surface area contributed by atoms with Crippen molar-refractivity contribution in [1.29, 1.82) is 0 Å². The van der Waals surface area contributed by atoms with Crippen LogP contribution in [0.25, 0.3) is 0 Å². The lowest BCUT2D eigenvalue weighted by molar-refractivity contribution is -1.00. The first-order valence-corrected chi connectivity index (χ1v) is 13.2. The summed E-state index contributed by atoms with van der Waals surface area (Å²) in [5.41, 5.74) is -2.42. The highest BCUT2D eigenvalue weighted by molar-refractivity contribution is 6.39. The van der Waals surface area contributed by atoms with E-state index in [1.807, 2.05) is 0 Å². The molecule has 0 aromatic heterocycles. The SMILES string of the molecule is CCOC(C)(c1c(OB(Oc2cc(F)c(F)c(F)c2)Oc2cc(F)c(F)c(F)c2)cc(F)c(F)c1F)[N+](CC)(CC)CC. The molecule has 0 heterocycles. The van der Waals surface area contributed by atoms with Crippen LogP contribution in [0.15, 0.2) is 30.3 Å². The molecule has 1 unspecified atom stereocenters. The predicted octanol–water partition coefficient (Wildman–Crippen LogP) is 7.55. The van der Waals surface area contributed by atoms with Crippen LogP contribution in [0.2, 0.25) is 0 Å². The van der Waals surface area contributed by atoms with Crippen LogP contribution in [0, 0.1) is 52.4 Å². The molecule has 0 aliphatic rings. The van der Waals surface area contributed by atoms with Gasteiger partial charge < -0.3 is 18.7 Å². The highest BCUT2D eigenvalue weighted by Gasteiger charge is 2.52. The van der Waals surface area contributed by atoms with Crippen molar-refractivity contribution in [1.82, 2.24) is 0 Å². The van der Waals surface area contributed by atoms with Gasteiger partial charge in [0.05, 0.1) is 26.2 Å². The largest absolute Gasteiger partial charge is 0.864 e. The van der Waals surface area contributed by atoms with Gasteiger partial charge in [-0.05, 0) is 27.7 Å². The molecule has 234 valence electrons. The third-order valence-electron chi connectivity index (χ3n) is 7.34. The fraction of sp³-hybridized carbons (Fsp3) is 0.357. The van der Waals surface area contributed by atoms with Crippen LogP contribution in [0.4, 0.5) is 39.5 Å². The molecule has 3 aromatic carbocycles. The Morgan fingerprint density at radius 1 is 0.581 bits per heavy atom. The summed E-state index contributed by atoms with van der Waals surface area (Å²) in [5.74, 6) is -18.3. The number of halogens is 9. The molecule has 1 atom stereocenters. The van der Waals surface area contributed by atoms with Crippen molar-refractivity contribution >= 4 is 7.32 Å². The molecule has 0 spiro atoms. The standard InChI is InChI=1S/C28H28BF9NO4/c1-6-39(7-2,8-3)28(5,40-9-4)23-22(14-21(34)26(37)27(23)38)43-29(41-15-10-17(30)24(35)18(31)11-15)42-16-12-19(32)25(36)20(33)13-16/h10-14H,6-9H2,1-5H3/q+1. The summed E-state index contributed by atoms with van der Waals surface area (Å²) >= 11 is 0. The van der Waals surface area contributed by atoms with Crippen LogP contribution in [0.1, 0.15) is 40.2 Å². The van der Waals surface area contributed by atoms with Gasteiger partial charge in [0.2, 0.25) is 5.72 Å². The predicted molar refractivity (Wildman–Crippen MR) is 137 cm³/mol. The van der Waals surface area contributed by atoms with Crippen molar-refractivity contribution in [3.8, 4) is 17.2 Å². The normalized spacial score (nSPS) is 13.1. The van der Waals surface area contributed by atoms with Crippen molar-refractivity contribution in [3.05, 3.63) is 88.3 Å². The molecule has 43 heavy (non-hydrogen) atoms. The highest BCUT2D eigenvalue weighted by atomic mass is 19.2. The van der Waals surface area contributed by atoms with Crippen molar-refractivity contribution < 1.29 is 62.7 Å². The van der Waals surface area contributed by atoms with Crippen LogP contribution in [0.5, 0.6) is 17.2 Å². The Labute approximate surface area is 242 Å².